The number of aliphatic carboxylic acids is 1. The Bertz CT molecular complexity index is 1720. The van der Waals surface area contributed by atoms with Crippen LogP contribution in [0.3, 0.4) is 0 Å². The molecular formula is C29H24ClFN2O4S. The molecule has 1 saturated carbocycles. The summed E-state index contributed by atoms with van der Waals surface area (Å²) in [6.45, 7) is 0. The van der Waals surface area contributed by atoms with E-state index in [2.05, 4.69) is 10.2 Å². The van der Waals surface area contributed by atoms with E-state index in [0.29, 0.717) is 32.6 Å². The van der Waals surface area contributed by atoms with Crippen molar-refractivity contribution in [2.75, 3.05) is 6.26 Å². The molecule has 0 saturated heterocycles. The Balaban J connectivity index is 1.83. The number of aromatic amines is 1. The number of halogens is 2. The molecule has 1 aromatic heterocycles. The quantitative estimate of drug-likeness (QED) is 0.199. The summed E-state index contributed by atoms with van der Waals surface area (Å²) in [7, 11) is -3.63. The number of allylic oxidation sites excluding steroid dienone is 1. The van der Waals surface area contributed by atoms with Crippen molar-refractivity contribution < 1.29 is 22.7 Å². The van der Waals surface area contributed by atoms with Crippen LogP contribution in [0.15, 0.2) is 71.6 Å². The van der Waals surface area contributed by atoms with Crippen molar-refractivity contribution in [3.05, 3.63) is 100.0 Å². The van der Waals surface area contributed by atoms with E-state index in [1.165, 1.54) is 12.1 Å². The van der Waals surface area contributed by atoms with Gasteiger partial charge in [-0.3, -0.25) is 5.10 Å². The summed E-state index contributed by atoms with van der Waals surface area (Å²) in [6.07, 6.45) is 6.50. The highest BCUT2D eigenvalue weighted by atomic mass is 35.5. The van der Waals surface area contributed by atoms with Gasteiger partial charge in [0.05, 0.1) is 15.8 Å². The number of nitrogens with zero attached hydrogens (tertiary/aromatic N) is 1. The first kappa shape index (κ1) is 25.9. The summed E-state index contributed by atoms with van der Waals surface area (Å²) < 4.78 is 40.3. The van der Waals surface area contributed by atoms with E-state index in [1.54, 1.807) is 36.4 Å². The Morgan fingerprint density at radius 2 is 1.79 bits per heavy atom. The first-order valence-corrected chi connectivity index (χ1v) is 14.3. The van der Waals surface area contributed by atoms with E-state index in [1.807, 2.05) is 18.2 Å². The van der Waals surface area contributed by atoms with E-state index < -0.39 is 21.8 Å². The maximum absolute atomic E-state index is 14.5. The molecule has 0 atom stereocenters. The van der Waals surface area contributed by atoms with Crippen LogP contribution in [0.5, 0.6) is 0 Å². The number of nitrogens with one attached hydrogen (secondary N) is 1. The Hall–Kier alpha value is -3.75. The third-order valence-corrected chi connectivity index (χ3v) is 8.21. The molecule has 1 fully saturated rings. The fourth-order valence-corrected chi connectivity index (χ4v) is 5.98. The highest BCUT2D eigenvalue weighted by Gasteiger charge is 2.30. The van der Waals surface area contributed by atoms with Gasteiger partial charge in [-0.25, -0.2) is 13.2 Å². The van der Waals surface area contributed by atoms with E-state index in [4.69, 9.17) is 16.7 Å². The second-order valence-electron chi connectivity index (χ2n) is 9.40. The van der Waals surface area contributed by atoms with Gasteiger partial charge in [-0.1, -0.05) is 54.4 Å². The number of benzene rings is 3. The number of hydrogen-bond acceptors (Lipinski definition) is 4. The molecular weight excluding hydrogens is 527 g/mol. The summed E-state index contributed by atoms with van der Waals surface area (Å²) in [4.78, 5) is 11.1. The van der Waals surface area contributed by atoms with Crippen molar-refractivity contribution in [2.24, 2.45) is 5.92 Å². The number of H-pyrrole nitrogens is 1. The molecule has 0 unspecified atom stereocenters. The fraction of sp³-hybridized carbons (Fsp3) is 0.172. The number of carboxylic acids is 1. The molecule has 9 heteroatoms. The zero-order valence-electron chi connectivity index (χ0n) is 20.4. The van der Waals surface area contributed by atoms with Crippen LogP contribution in [0.2, 0.25) is 5.02 Å². The largest absolute Gasteiger partial charge is 0.478 e. The minimum Gasteiger partial charge on any atom is -0.478 e. The summed E-state index contributed by atoms with van der Waals surface area (Å²) in [6, 6.07) is 17.5. The number of sulfone groups is 1. The topological polar surface area (TPSA) is 100 Å². The number of rotatable bonds is 7. The Kier molecular flexibility index (Phi) is 6.94. The molecule has 4 aromatic rings. The van der Waals surface area contributed by atoms with Crippen LogP contribution >= 0.6 is 11.6 Å². The van der Waals surface area contributed by atoms with E-state index in [0.717, 1.165) is 48.3 Å². The first-order chi connectivity index (χ1) is 18.1. The van der Waals surface area contributed by atoms with Crippen molar-refractivity contribution in [3.63, 3.8) is 0 Å². The van der Waals surface area contributed by atoms with E-state index in [-0.39, 0.29) is 10.8 Å². The smallest absolute Gasteiger partial charge is 0.328 e. The fourth-order valence-electron chi connectivity index (χ4n) is 4.82. The van der Waals surface area contributed by atoms with Crippen LogP contribution in [0, 0.1) is 11.9 Å². The maximum Gasteiger partial charge on any atom is 0.328 e. The molecule has 1 heterocycles. The molecule has 0 aliphatic heterocycles. The number of carbonyl (C=O) groups is 1. The normalized spacial score (nSPS) is 15.0. The van der Waals surface area contributed by atoms with Crippen LogP contribution in [0.25, 0.3) is 28.1 Å². The first-order valence-electron chi connectivity index (χ1n) is 12.0. The summed E-state index contributed by atoms with van der Waals surface area (Å²) >= 11 is 6.23. The number of fused-ring (bicyclic) bond motifs is 1. The summed E-state index contributed by atoms with van der Waals surface area (Å²) in [5.41, 5.74) is 4.94. The predicted octanol–water partition coefficient (Wildman–Crippen LogP) is 6.62. The average molecular weight is 551 g/mol. The Morgan fingerprint density at radius 1 is 1.08 bits per heavy atom. The van der Waals surface area contributed by atoms with Gasteiger partial charge in [-0.15, -0.1) is 5.10 Å². The zero-order chi connectivity index (χ0) is 27.0. The number of carboxylic acid groups (broad SMARTS) is 1. The van der Waals surface area contributed by atoms with Gasteiger partial charge >= 0.3 is 5.97 Å². The molecule has 194 valence electrons. The van der Waals surface area contributed by atoms with Gasteiger partial charge in [0.15, 0.2) is 9.84 Å². The molecule has 1 aliphatic rings. The molecule has 0 spiro atoms. The Morgan fingerprint density at radius 3 is 2.42 bits per heavy atom. The third kappa shape index (κ3) is 5.14. The highest BCUT2D eigenvalue weighted by Crippen LogP contribution is 2.47. The lowest BCUT2D eigenvalue weighted by Crippen LogP contribution is -2.17. The van der Waals surface area contributed by atoms with Gasteiger partial charge in [0.25, 0.3) is 0 Å². The zero-order valence-corrected chi connectivity index (χ0v) is 22.0. The summed E-state index contributed by atoms with van der Waals surface area (Å²) in [5.74, 6) is -1.58. The van der Waals surface area contributed by atoms with Crippen molar-refractivity contribution in [2.45, 2.75) is 24.2 Å². The highest BCUT2D eigenvalue weighted by molar-refractivity contribution is 7.90. The van der Waals surface area contributed by atoms with Gasteiger partial charge in [-0.05, 0) is 82.5 Å². The minimum atomic E-state index is -3.63. The average Bonchev–Trinajstić information content (AvgIpc) is 3.21. The number of hydrogen-bond donors (Lipinski definition) is 2. The molecule has 3 aromatic carbocycles. The maximum atomic E-state index is 14.5. The second-order valence-corrected chi connectivity index (χ2v) is 11.8. The molecule has 2 N–H and O–H groups in total. The van der Waals surface area contributed by atoms with Crippen LogP contribution < -0.4 is 0 Å². The van der Waals surface area contributed by atoms with E-state index >= 15 is 0 Å². The molecule has 0 radical (unpaired) electrons. The van der Waals surface area contributed by atoms with Crippen molar-refractivity contribution >= 4 is 55.5 Å². The van der Waals surface area contributed by atoms with Crippen molar-refractivity contribution in [1.82, 2.24) is 10.2 Å². The molecule has 1 aliphatic carbocycles. The molecule has 6 nitrogen and oxygen atoms in total. The third-order valence-electron chi connectivity index (χ3n) is 6.84. The van der Waals surface area contributed by atoms with Crippen LogP contribution in [0.4, 0.5) is 4.39 Å². The van der Waals surface area contributed by atoms with Crippen molar-refractivity contribution in [1.29, 1.82) is 0 Å². The standard InChI is InChI=1S/C29H24ClFN2O4S/c1-38(36,37)25-16-21(30)11-12-22(25)28(18-3-2-4-18)27(19-8-5-17(6-9-19)7-14-26(34)35)20-10-13-24-23(15-20)29(31)33-32-24/h5-16,18H,2-4H2,1H3,(H,32,33)(H,34,35)/b14-7+,28-27+. The summed E-state index contributed by atoms with van der Waals surface area (Å²) in [5, 5.41) is 16.0. The van der Waals surface area contributed by atoms with Gasteiger partial charge < -0.3 is 5.11 Å². The van der Waals surface area contributed by atoms with Gasteiger partial charge in [0.2, 0.25) is 5.95 Å². The van der Waals surface area contributed by atoms with Crippen LogP contribution in [0.1, 0.15) is 41.5 Å². The lowest BCUT2D eigenvalue weighted by molar-refractivity contribution is -0.131. The Labute approximate surface area is 224 Å². The lowest BCUT2D eigenvalue weighted by atomic mass is 9.73. The molecule has 5 rings (SSSR count). The van der Waals surface area contributed by atoms with Gasteiger partial charge in [0, 0.05) is 17.4 Å². The molecule has 0 amide bonds. The molecule has 0 bridgehead atoms. The van der Waals surface area contributed by atoms with Crippen LogP contribution in [-0.2, 0) is 14.6 Å². The minimum absolute atomic E-state index is 0.0863. The lowest BCUT2D eigenvalue weighted by Gasteiger charge is -2.32. The van der Waals surface area contributed by atoms with Crippen LogP contribution in [-0.4, -0.2) is 35.9 Å². The molecule has 38 heavy (non-hydrogen) atoms. The van der Waals surface area contributed by atoms with Crippen molar-refractivity contribution in [3.8, 4) is 0 Å². The SMILES string of the molecule is CS(=O)(=O)c1cc(Cl)ccc1/C(=C(\c1ccc(/C=C/C(=O)O)cc1)c1ccc2[nH]nc(F)c2c1)C1CCC1. The van der Waals surface area contributed by atoms with E-state index in [9.17, 15) is 17.6 Å². The predicted molar refractivity (Wildman–Crippen MR) is 147 cm³/mol. The second kappa shape index (κ2) is 10.2. The van der Waals surface area contributed by atoms with Gasteiger partial charge in [-0.2, -0.15) is 4.39 Å². The number of aromatic nitrogens is 2. The van der Waals surface area contributed by atoms with Gasteiger partial charge in [0.1, 0.15) is 0 Å². The monoisotopic (exact) mass is 550 g/mol.